The normalized spacial score (nSPS) is 23.3. The third kappa shape index (κ3) is 4.77. The number of nitrogens with zero attached hydrogens (tertiary/aromatic N) is 4. The highest BCUT2D eigenvalue weighted by atomic mass is 32.2. The molecule has 4 rings (SSSR count). The number of nitrogens with two attached hydrogens (primary N) is 2. The summed E-state index contributed by atoms with van der Waals surface area (Å²) in [5.74, 6) is 0.159. The molecule has 1 aromatic carbocycles. The first-order valence-corrected chi connectivity index (χ1v) is 11.2. The van der Waals surface area contributed by atoms with Gasteiger partial charge in [-0.1, -0.05) is 11.8 Å². The number of fused-ring (bicyclic) bond motifs is 1. The number of nitrogen functional groups attached to an aromatic ring is 1. The lowest BCUT2D eigenvalue weighted by Gasteiger charge is -2.19. The first-order valence-electron chi connectivity index (χ1n) is 10.2. The number of amides is 1. The Balaban J connectivity index is 1.49. The van der Waals surface area contributed by atoms with E-state index in [1.807, 2.05) is 0 Å². The van der Waals surface area contributed by atoms with Gasteiger partial charge in [0, 0.05) is 11.3 Å². The van der Waals surface area contributed by atoms with Crippen LogP contribution in [0.3, 0.4) is 0 Å². The SMILES string of the molecule is NC(=O)c1ccc(OC[C@@H](O)CSc2nc3c(N)ncnc3n2[C@@H]2O[C@H](CO)[C@@H](O)[C@H]2O)cc1. The minimum absolute atomic E-state index is 0.0427. The summed E-state index contributed by atoms with van der Waals surface area (Å²) in [6.07, 6.45) is -4.44. The maximum atomic E-state index is 11.1. The summed E-state index contributed by atoms with van der Waals surface area (Å²) in [4.78, 5) is 23.7. The van der Waals surface area contributed by atoms with Crippen molar-refractivity contribution in [3.05, 3.63) is 36.2 Å². The van der Waals surface area contributed by atoms with Gasteiger partial charge in [0.25, 0.3) is 0 Å². The number of benzene rings is 1. The average Bonchev–Trinajstić information content (AvgIpc) is 3.34. The molecule has 3 heterocycles. The van der Waals surface area contributed by atoms with Crippen LogP contribution in [-0.4, -0.2) is 89.2 Å². The fourth-order valence-corrected chi connectivity index (χ4v) is 4.38. The van der Waals surface area contributed by atoms with Crippen molar-refractivity contribution in [3.8, 4) is 5.75 Å². The zero-order chi connectivity index (χ0) is 24.4. The first kappa shape index (κ1) is 24.1. The maximum Gasteiger partial charge on any atom is 0.248 e. The van der Waals surface area contributed by atoms with Gasteiger partial charge in [0.05, 0.1) is 12.7 Å². The Morgan fingerprint density at radius 2 is 1.97 bits per heavy atom. The largest absolute Gasteiger partial charge is 0.491 e. The van der Waals surface area contributed by atoms with E-state index in [4.69, 9.17) is 20.9 Å². The Morgan fingerprint density at radius 3 is 2.62 bits per heavy atom. The topological polar surface area (TPSA) is 212 Å². The number of primary amides is 1. The molecule has 0 radical (unpaired) electrons. The summed E-state index contributed by atoms with van der Waals surface area (Å²) in [6.45, 7) is -0.531. The van der Waals surface area contributed by atoms with Crippen molar-refractivity contribution in [1.29, 1.82) is 0 Å². The number of carbonyl (C=O) groups is 1. The predicted octanol–water partition coefficient (Wildman–Crippen LogP) is -1.35. The van der Waals surface area contributed by atoms with Crippen LogP contribution < -0.4 is 16.2 Å². The summed E-state index contributed by atoms with van der Waals surface area (Å²) in [7, 11) is 0. The van der Waals surface area contributed by atoms with Crippen molar-refractivity contribution in [2.24, 2.45) is 5.73 Å². The number of carbonyl (C=O) groups excluding carboxylic acids is 1. The smallest absolute Gasteiger partial charge is 0.248 e. The predicted molar refractivity (Wildman–Crippen MR) is 120 cm³/mol. The molecule has 2 aromatic heterocycles. The van der Waals surface area contributed by atoms with Gasteiger partial charge in [0.1, 0.15) is 37.0 Å². The molecule has 13 nitrogen and oxygen atoms in total. The number of aliphatic hydroxyl groups excluding tert-OH is 4. The van der Waals surface area contributed by atoms with E-state index in [-0.39, 0.29) is 29.3 Å². The molecule has 1 amide bonds. The summed E-state index contributed by atoms with van der Waals surface area (Å²) < 4.78 is 12.6. The van der Waals surface area contributed by atoms with Crippen molar-refractivity contribution >= 4 is 34.7 Å². The highest BCUT2D eigenvalue weighted by Gasteiger charge is 2.45. The number of hydrogen-bond donors (Lipinski definition) is 6. The summed E-state index contributed by atoms with van der Waals surface area (Å²) in [5, 5.41) is 40.8. The number of hydrogen-bond acceptors (Lipinski definition) is 12. The van der Waals surface area contributed by atoms with Crippen molar-refractivity contribution in [2.75, 3.05) is 24.7 Å². The Kier molecular flexibility index (Phi) is 7.16. The third-order valence-electron chi connectivity index (χ3n) is 5.23. The average molecular weight is 493 g/mol. The molecule has 1 aliphatic heterocycles. The van der Waals surface area contributed by atoms with E-state index >= 15 is 0 Å². The number of anilines is 1. The van der Waals surface area contributed by atoms with E-state index in [1.165, 1.54) is 23.0 Å². The maximum absolute atomic E-state index is 11.1. The second-order valence-electron chi connectivity index (χ2n) is 7.59. The molecule has 3 aromatic rings. The van der Waals surface area contributed by atoms with Gasteiger partial charge in [0.15, 0.2) is 28.4 Å². The van der Waals surface area contributed by atoms with Gasteiger partial charge in [-0.25, -0.2) is 15.0 Å². The van der Waals surface area contributed by atoms with Crippen LogP contribution in [0.1, 0.15) is 16.6 Å². The zero-order valence-corrected chi connectivity index (χ0v) is 18.6. The van der Waals surface area contributed by atoms with Crippen molar-refractivity contribution < 1.29 is 34.7 Å². The van der Waals surface area contributed by atoms with Gasteiger partial charge in [-0.2, -0.15) is 0 Å². The molecule has 14 heteroatoms. The van der Waals surface area contributed by atoms with Crippen LogP contribution in [0.15, 0.2) is 35.7 Å². The van der Waals surface area contributed by atoms with E-state index in [0.29, 0.717) is 16.5 Å². The molecule has 1 saturated heterocycles. The fraction of sp³-hybridized carbons (Fsp3) is 0.400. The molecule has 1 aliphatic rings. The lowest BCUT2D eigenvalue weighted by Crippen LogP contribution is -2.33. The summed E-state index contributed by atoms with van der Waals surface area (Å²) in [5.41, 5.74) is 12.0. The molecule has 8 N–H and O–H groups in total. The number of aliphatic hydroxyl groups is 4. The number of imidazole rings is 1. The van der Waals surface area contributed by atoms with E-state index < -0.39 is 43.2 Å². The zero-order valence-electron chi connectivity index (χ0n) is 17.8. The van der Waals surface area contributed by atoms with Crippen LogP contribution in [0.4, 0.5) is 5.82 Å². The highest BCUT2D eigenvalue weighted by molar-refractivity contribution is 7.99. The molecule has 0 saturated carbocycles. The van der Waals surface area contributed by atoms with Crippen LogP contribution in [-0.2, 0) is 4.74 Å². The van der Waals surface area contributed by atoms with Gasteiger partial charge in [-0.3, -0.25) is 9.36 Å². The standard InChI is InChI=1S/C20H24N6O7S/c21-16-13-18(24-8-23-16)26(19-15(30)14(29)12(5-27)33-19)20(25-13)34-7-10(28)6-32-11-3-1-9(2-4-11)17(22)31/h1-4,8,10,12,14-15,19,27-30H,5-7H2,(H2,22,31)(H2,21,23,24)/t10-,12-,14-,15-,19-/m1/s1. The number of rotatable bonds is 9. The van der Waals surface area contributed by atoms with Crippen molar-refractivity contribution in [2.45, 2.75) is 35.8 Å². The molecule has 34 heavy (non-hydrogen) atoms. The Bertz CT molecular complexity index is 1160. The van der Waals surface area contributed by atoms with Crippen LogP contribution in [0.5, 0.6) is 5.75 Å². The van der Waals surface area contributed by atoms with Crippen molar-refractivity contribution in [1.82, 2.24) is 19.5 Å². The Labute approximate surface area is 197 Å². The van der Waals surface area contributed by atoms with Gasteiger partial charge >= 0.3 is 0 Å². The number of thioether (sulfide) groups is 1. The van der Waals surface area contributed by atoms with Gasteiger partial charge in [-0.15, -0.1) is 0 Å². The highest BCUT2D eigenvalue weighted by Crippen LogP contribution is 2.36. The van der Waals surface area contributed by atoms with Gasteiger partial charge < -0.3 is 41.4 Å². The molecule has 5 atom stereocenters. The number of ether oxygens (including phenoxy) is 2. The second kappa shape index (κ2) is 10.1. The molecule has 0 unspecified atom stereocenters. The monoisotopic (exact) mass is 492 g/mol. The van der Waals surface area contributed by atoms with E-state index in [0.717, 1.165) is 11.8 Å². The molecule has 1 fully saturated rings. The quantitative estimate of drug-likeness (QED) is 0.191. The molecular formula is C20H24N6O7S. The van der Waals surface area contributed by atoms with Crippen LogP contribution in [0, 0.1) is 0 Å². The van der Waals surface area contributed by atoms with Crippen molar-refractivity contribution in [3.63, 3.8) is 0 Å². The van der Waals surface area contributed by atoms with E-state index in [1.54, 1.807) is 12.1 Å². The lowest BCUT2D eigenvalue weighted by atomic mass is 10.1. The Morgan fingerprint density at radius 1 is 1.24 bits per heavy atom. The first-order chi connectivity index (χ1) is 16.3. The summed E-state index contributed by atoms with van der Waals surface area (Å²) >= 11 is 1.13. The third-order valence-corrected chi connectivity index (χ3v) is 6.33. The van der Waals surface area contributed by atoms with Crippen LogP contribution in [0.2, 0.25) is 0 Å². The lowest BCUT2D eigenvalue weighted by molar-refractivity contribution is -0.0548. The van der Waals surface area contributed by atoms with Gasteiger partial charge in [0.2, 0.25) is 5.91 Å². The number of aromatic nitrogens is 4. The molecule has 0 bridgehead atoms. The van der Waals surface area contributed by atoms with Gasteiger partial charge in [-0.05, 0) is 24.3 Å². The second-order valence-corrected chi connectivity index (χ2v) is 8.58. The molecule has 0 spiro atoms. The minimum atomic E-state index is -1.36. The van der Waals surface area contributed by atoms with Crippen LogP contribution >= 0.6 is 11.8 Å². The summed E-state index contributed by atoms with van der Waals surface area (Å²) in [6, 6.07) is 6.19. The molecule has 182 valence electrons. The fourth-order valence-electron chi connectivity index (χ4n) is 3.46. The van der Waals surface area contributed by atoms with E-state index in [9.17, 15) is 25.2 Å². The molecular weight excluding hydrogens is 468 g/mol. The van der Waals surface area contributed by atoms with E-state index in [2.05, 4.69) is 15.0 Å². The minimum Gasteiger partial charge on any atom is -0.491 e. The van der Waals surface area contributed by atoms with Crippen LogP contribution in [0.25, 0.3) is 11.2 Å². The molecule has 0 aliphatic carbocycles. The Hall–Kier alpha value is -3.01.